The summed E-state index contributed by atoms with van der Waals surface area (Å²) in [4.78, 5) is 22.0. The molecule has 0 spiro atoms. The highest BCUT2D eigenvalue weighted by molar-refractivity contribution is 5.75. The Balaban J connectivity index is 1.99. The van der Waals surface area contributed by atoms with E-state index < -0.39 is 6.09 Å². The third-order valence-electron chi connectivity index (χ3n) is 3.80. The number of nitrogens with one attached hydrogen (secondary N) is 1. The second-order valence-corrected chi connectivity index (χ2v) is 5.89. The second kappa shape index (κ2) is 8.86. The lowest BCUT2D eigenvalue weighted by molar-refractivity contribution is -0.117. The quantitative estimate of drug-likeness (QED) is 0.692. The van der Waals surface area contributed by atoms with Crippen molar-refractivity contribution in [3.8, 4) is 0 Å². The molecule has 0 fully saturated rings. The van der Waals surface area contributed by atoms with Crippen LogP contribution in [0.1, 0.15) is 43.4 Å². The molecule has 0 aliphatic carbocycles. The predicted octanol–water partition coefficient (Wildman–Crippen LogP) is 3.19. The molecular formula is C18H23N3O3. The van der Waals surface area contributed by atoms with Crippen LogP contribution in [0.2, 0.25) is 0 Å². The van der Waals surface area contributed by atoms with Crippen molar-refractivity contribution in [2.24, 2.45) is 0 Å². The maximum Gasteiger partial charge on any atom is 0.405 e. The Labute approximate surface area is 141 Å². The first kappa shape index (κ1) is 17.7. The van der Waals surface area contributed by atoms with E-state index in [-0.39, 0.29) is 11.8 Å². The lowest BCUT2D eigenvalue weighted by Gasteiger charge is -2.15. The van der Waals surface area contributed by atoms with Gasteiger partial charge in [-0.25, -0.2) is 4.79 Å². The maximum atomic E-state index is 11.1. The molecule has 2 rings (SSSR count). The molecule has 24 heavy (non-hydrogen) atoms. The lowest BCUT2D eigenvalue weighted by atomic mass is 10.0. The van der Waals surface area contributed by atoms with Crippen LogP contribution >= 0.6 is 0 Å². The molecule has 1 heterocycles. The van der Waals surface area contributed by atoms with Crippen molar-refractivity contribution in [3.63, 3.8) is 0 Å². The summed E-state index contributed by atoms with van der Waals surface area (Å²) < 4.78 is 1.80. The van der Waals surface area contributed by atoms with Crippen LogP contribution in [0.3, 0.4) is 0 Å². The van der Waals surface area contributed by atoms with E-state index in [0.717, 1.165) is 30.5 Å². The molecular weight excluding hydrogens is 306 g/mol. The van der Waals surface area contributed by atoms with E-state index in [2.05, 4.69) is 10.4 Å². The predicted molar refractivity (Wildman–Crippen MR) is 90.8 cm³/mol. The summed E-state index contributed by atoms with van der Waals surface area (Å²) in [5, 5.41) is 15.9. The van der Waals surface area contributed by atoms with Gasteiger partial charge in [0.2, 0.25) is 0 Å². The molecule has 1 aromatic carbocycles. The number of carbonyl (C=O) groups is 2. The molecule has 6 nitrogen and oxygen atoms in total. The monoisotopic (exact) mass is 329 g/mol. The van der Waals surface area contributed by atoms with Crippen LogP contribution in [-0.2, 0) is 17.8 Å². The van der Waals surface area contributed by atoms with E-state index in [9.17, 15) is 9.59 Å². The zero-order valence-electron chi connectivity index (χ0n) is 13.8. The Kier molecular flexibility index (Phi) is 6.54. The van der Waals surface area contributed by atoms with Crippen molar-refractivity contribution in [1.29, 1.82) is 0 Å². The van der Waals surface area contributed by atoms with Crippen LogP contribution in [0.25, 0.3) is 0 Å². The van der Waals surface area contributed by atoms with E-state index >= 15 is 0 Å². The Morgan fingerprint density at radius 1 is 1.25 bits per heavy atom. The molecule has 0 aliphatic rings. The van der Waals surface area contributed by atoms with Gasteiger partial charge in [-0.05, 0) is 31.7 Å². The number of rotatable bonds is 9. The fourth-order valence-electron chi connectivity index (χ4n) is 2.58. The first-order valence-corrected chi connectivity index (χ1v) is 8.10. The summed E-state index contributed by atoms with van der Waals surface area (Å²) in [5.74, 6) is 0.199. The fraction of sp³-hybridized carbons (Fsp3) is 0.389. The lowest BCUT2D eigenvalue weighted by Crippen LogP contribution is -2.28. The first-order valence-electron chi connectivity index (χ1n) is 8.10. The number of carboxylic acid groups (broad SMARTS) is 1. The third-order valence-corrected chi connectivity index (χ3v) is 3.80. The number of unbranched alkanes of at least 4 members (excludes halogenated alkanes) is 1. The number of hydrogen-bond acceptors (Lipinski definition) is 3. The van der Waals surface area contributed by atoms with Crippen LogP contribution in [0.4, 0.5) is 4.79 Å². The molecule has 1 atom stereocenters. The topological polar surface area (TPSA) is 84.2 Å². The van der Waals surface area contributed by atoms with Gasteiger partial charge in [0.25, 0.3) is 0 Å². The number of nitrogens with zero attached hydrogens (tertiary/aromatic N) is 2. The molecule has 2 aromatic rings. The van der Waals surface area contributed by atoms with Gasteiger partial charge in [-0.2, -0.15) is 5.10 Å². The molecule has 2 N–H and O–H groups in total. The second-order valence-electron chi connectivity index (χ2n) is 5.89. The number of Topliss-reactive ketones (excluding diaryl/α,β-unsaturated/α-hetero) is 1. The minimum Gasteiger partial charge on any atom is -0.465 e. The van der Waals surface area contributed by atoms with Crippen LogP contribution in [0, 0.1) is 0 Å². The smallest absolute Gasteiger partial charge is 0.405 e. The highest BCUT2D eigenvalue weighted by atomic mass is 16.4. The number of carbonyl (C=O) groups excluding carboxylic acids is 1. The molecule has 1 amide bonds. The molecule has 0 saturated carbocycles. The number of ketones is 1. The highest BCUT2D eigenvalue weighted by Gasteiger charge is 2.16. The van der Waals surface area contributed by atoms with Gasteiger partial charge in [0, 0.05) is 24.7 Å². The molecule has 0 aliphatic heterocycles. The van der Waals surface area contributed by atoms with Gasteiger partial charge in [0.15, 0.2) is 0 Å². The zero-order chi connectivity index (χ0) is 17.4. The Morgan fingerprint density at radius 2 is 2.00 bits per heavy atom. The van der Waals surface area contributed by atoms with Crippen molar-refractivity contribution < 1.29 is 14.7 Å². The number of aromatic nitrogens is 2. The van der Waals surface area contributed by atoms with E-state index in [1.807, 2.05) is 36.5 Å². The first-order chi connectivity index (χ1) is 11.5. The summed E-state index contributed by atoms with van der Waals surface area (Å²) >= 11 is 0. The van der Waals surface area contributed by atoms with Gasteiger partial charge in [-0.15, -0.1) is 0 Å². The Morgan fingerprint density at radius 3 is 2.67 bits per heavy atom. The molecule has 0 radical (unpaired) electrons. The summed E-state index contributed by atoms with van der Waals surface area (Å²) in [6.45, 7) is 2.32. The van der Waals surface area contributed by atoms with Crippen molar-refractivity contribution in [1.82, 2.24) is 15.1 Å². The SMILES string of the molecule is CC(=O)CCCCn1cc([C@H](Cc2ccccc2)NC(=O)O)cn1. The number of benzene rings is 1. The van der Waals surface area contributed by atoms with E-state index in [0.29, 0.717) is 12.8 Å². The van der Waals surface area contributed by atoms with Crippen LogP contribution in [0.15, 0.2) is 42.7 Å². The highest BCUT2D eigenvalue weighted by Crippen LogP contribution is 2.18. The van der Waals surface area contributed by atoms with Crippen molar-refractivity contribution >= 4 is 11.9 Å². The molecule has 1 aromatic heterocycles. The van der Waals surface area contributed by atoms with Crippen LogP contribution in [0.5, 0.6) is 0 Å². The summed E-state index contributed by atoms with van der Waals surface area (Å²) in [6, 6.07) is 9.42. The van der Waals surface area contributed by atoms with Crippen molar-refractivity contribution in [2.45, 2.75) is 45.2 Å². The normalized spacial score (nSPS) is 11.9. The van der Waals surface area contributed by atoms with Gasteiger partial charge in [-0.3, -0.25) is 4.68 Å². The van der Waals surface area contributed by atoms with Gasteiger partial charge < -0.3 is 15.2 Å². The summed E-state index contributed by atoms with van der Waals surface area (Å²) in [7, 11) is 0. The van der Waals surface area contributed by atoms with Crippen molar-refractivity contribution in [2.75, 3.05) is 0 Å². The van der Waals surface area contributed by atoms with Crippen molar-refractivity contribution in [3.05, 3.63) is 53.9 Å². The number of aryl methyl sites for hydroxylation is 1. The number of amides is 1. The Bertz CT molecular complexity index is 667. The summed E-state index contributed by atoms with van der Waals surface area (Å²) in [6.07, 6.45) is 5.40. The molecule has 0 bridgehead atoms. The number of hydrogen-bond donors (Lipinski definition) is 2. The standard InChI is InChI=1S/C18H23N3O3/c1-14(22)7-5-6-10-21-13-16(12-19-21)17(20-18(23)24)11-15-8-3-2-4-9-15/h2-4,8-9,12-13,17,20H,5-7,10-11H2,1H3,(H,23,24)/t17-/m0/s1. The molecule has 0 saturated heterocycles. The van der Waals surface area contributed by atoms with Gasteiger partial charge in [-0.1, -0.05) is 30.3 Å². The van der Waals surface area contributed by atoms with Crippen LogP contribution < -0.4 is 5.32 Å². The van der Waals surface area contributed by atoms with E-state index in [1.54, 1.807) is 17.8 Å². The third kappa shape index (κ3) is 5.87. The van der Waals surface area contributed by atoms with E-state index in [4.69, 9.17) is 5.11 Å². The molecule has 128 valence electrons. The minimum absolute atomic E-state index is 0.199. The molecule has 6 heteroatoms. The molecule has 0 unspecified atom stereocenters. The van der Waals surface area contributed by atoms with Gasteiger partial charge >= 0.3 is 6.09 Å². The Hall–Kier alpha value is -2.63. The van der Waals surface area contributed by atoms with Gasteiger partial charge in [0.05, 0.1) is 12.2 Å². The average molecular weight is 329 g/mol. The maximum absolute atomic E-state index is 11.1. The van der Waals surface area contributed by atoms with Gasteiger partial charge in [0.1, 0.15) is 5.78 Å². The average Bonchev–Trinajstić information content (AvgIpc) is 3.00. The van der Waals surface area contributed by atoms with E-state index in [1.165, 1.54) is 0 Å². The largest absolute Gasteiger partial charge is 0.465 e. The zero-order valence-corrected chi connectivity index (χ0v) is 13.8. The van der Waals surface area contributed by atoms with Crippen LogP contribution in [-0.4, -0.2) is 26.8 Å². The fourth-order valence-corrected chi connectivity index (χ4v) is 2.58. The minimum atomic E-state index is -1.05. The summed E-state index contributed by atoms with van der Waals surface area (Å²) in [5.41, 5.74) is 1.90.